The maximum absolute atomic E-state index is 11.4. The SMILES string of the molecule is CC(=O)C(c1nccn1C)C(C)C. The highest BCUT2D eigenvalue weighted by Crippen LogP contribution is 2.23. The Morgan fingerprint density at radius 3 is 2.46 bits per heavy atom. The van der Waals surface area contributed by atoms with Crippen molar-refractivity contribution >= 4 is 5.78 Å². The van der Waals surface area contributed by atoms with E-state index in [1.165, 1.54) is 0 Å². The van der Waals surface area contributed by atoms with Crippen LogP contribution in [0.5, 0.6) is 0 Å². The number of aromatic nitrogens is 2. The van der Waals surface area contributed by atoms with Crippen LogP contribution in [0.3, 0.4) is 0 Å². The van der Waals surface area contributed by atoms with Crippen LogP contribution in [-0.2, 0) is 11.8 Å². The van der Waals surface area contributed by atoms with E-state index in [1.54, 1.807) is 13.1 Å². The van der Waals surface area contributed by atoms with E-state index < -0.39 is 0 Å². The average molecular weight is 180 g/mol. The molecule has 1 rings (SSSR count). The fourth-order valence-corrected chi connectivity index (χ4v) is 1.63. The Morgan fingerprint density at radius 1 is 1.54 bits per heavy atom. The number of hydrogen-bond acceptors (Lipinski definition) is 2. The number of Topliss-reactive ketones (excluding diaryl/α,β-unsaturated/α-hetero) is 1. The predicted octanol–water partition coefficient (Wildman–Crippen LogP) is 1.75. The minimum absolute atomic E-state index is 0.0694. The van der Waals surface area contributed by atoms with Crippen LogP contribution >= 0.6 is 0 Å². The van der Waals surface area contributed by atoms with Gasteiger partial charge < -0.3 is 4.57 Å². The van der Waals surface area contributed by atoms with Crippen LogP contribution in [-0.4, -0.2) is 15.3 Å². The number of nitrogens with zero attached hydrogens (tertiary/aromatic N) is 2. The second-order valence-corrected chi connectivity index (χ2v) is 3.73. The van der Waals surface area contributed by atoms with Gasteiger partial charge in [-0.3, -0.25) is 4.79 Å². The minimum Gasteiger partial charge on any atom is -0.337 e. The molecular formula is C10H16N2O. The Bertz CT molecular complexity index is 302. The molecule has 72 valence electrons. The van der Waals surface area contributed by atoms with Crippen LogP contribution in [0.1, 0.15) is 32.5 Å². The predicted molar refractivity (Wildman–Crippen MR) is 51.5 cm³/mol. The Balaban J connectivity index is 3.02. The number of carbonyl (C=O) groups is 1. The minimum atomic E-state index is -0.0694. The normalized spacial score (nSPS) is 13.3. The van der Waals surface area contributed by atoms with Gasteiger partial charge >= 0.3 is 0 Å². The first kappa shape index (κ1) is 9.96. The van der Waals surface area contributed by atoms with Gasteiger partial charge in [0.05, 0.1) is 5.92 Å². The summed E-state index contributed by atoms with van der Waals surface area (Å²) >= 11 is 0. The van der Waals surface area contributed by atoms with Crippen molar-refractivity contribution in [2.75, 3.05) is 0 Å². The molecule has 0 amide bonds. The molecule has 0 saturated heterocycles. The summed E-state index contributed by atoms with van der Waals surface area (Å²) in [5.74, 6) is 1.28. The topological polar surface area (TPSA) is 34.9 Å². The van der Waals surface area contributed by atoms with E-state index in [2.05, 4.69) is 4.98 Å². The summed E-state index contributed by atoms with van der Waals surface area (Å²) in [6.07, 6.45) is 3.60. The number of ketones is 1. The molecule has 0 aliphatic carbocycles. The van der Waals surface area contributed by atoms with Gasteiger partial charge in [-0.25, -0.2) is 4.98 Å². The summed E-state index contributed by atoms with van der Waals surface area (Å²) in [5.41, 5.74) is 0. The van der Waals surface area contributed by atoms with E-state index in [1.807, 2.05) is 31.7 Å². The maximum Gasteiger partial charge on any atom is 0.140 e. The molecule has 0 aliphatic rings. The van der Waals surface area contributed by atoms with Gasteiger partial charge in [0.1, 0.15) is 11.6 Å². The molecule has 1 heterocycles. The second kappa shape index (κ2) is 3.73. The summed E-state index contributed by atoms with van der Waals surface area (Å²) in [6, 6.07) is 0. The van der Waals surface area contributed by atoms with Gasteiger partial charge in [0, 0.05) is 19.4 Å². The van der Waals surface area contributed by atoms with E-state index in [4.69, 9.17) is 0 Å². The number of hydrogen-bond donors (Lipinski definition) is 0. The lowest BCUT2D eigenvalue weighted by Crippen LogP contribution is -2.19. The number of rotatable bonds is 3. The van der Waals surface area contributed by atoms with Crippen LogP contribution in [0.25, 0.3) is 0 Å². The third-order valence-corrected chi connectivity index (χ3v) is 2.24. The summed E-state index contributed by atoms with van der Waals surface area (Å²) in [7, 11) is 1.92. The van der Waals surface area contributed by atoms with Gasteiger partial charge in [0.25, 0.3) is 0 Å². The third-order valence-electron chi connectivity index (χ3n) is 2.24. The third kappa shape index (κ3) is 1.97. The second-order valence-electron chi connectivity index (χ2n) is 3.73. The molecule has 1 atom stereocenters. The molecule has 3 nitrogen and oxygen atoms in total. The average Bonchev–Trinajstić information content (AvgIpc) is 2.35. The van der Waals surface area contributed by atoms with Crippen LogP contribution in [0.2, 0.25) is 0 Å². The van der Waals surface area contributed by atoms with E-state index in [0.717, 1.165) is 5.82 Å². The van der Waals surface area contributed by atoms with E-state index in [-0.39, 0.29) is 11.7 Å². The van der Waals surface area contributed by atoms with Crippen molar-refractivity contribution in [3.05, 3.63) is 18.2 Å². The van der Waals surface area contributed by atoms with Crippen molar-refractivity contribution in [1.82, 2.24) is 9.55 Å². The molecule has 0 fully saturated rings. The Kier molecular flexibility index (Phi) is 2.86. The summed E-state index contributed by atoms with van der Waals surface area (Å²) < 4.78 is 1.91. The lowest BCUT2D eigenvalue weighted by atomic mass is 9.91. The summed E-state index contributed by atoms with van der Waals surface area (Å²) in [6.45, 7) is 5.71. The van der Waals surface area contributed by atoms with Crippen molar-refractivity contribution in [2.24, 2.45) is 13.0 Å². The zero-order chi connectivity index (χ0) is 10.0. The van der Waals surface area contributed by atoms with E-state index in [0.29, 0.717) is 5.92 Å². The van der Waals surface area contributed by atoms with Crippen LogP contribution in [0.4, 0.5) is 0 Å². The Hall–Kier alpha value is -1.12. The van der Waals surface area contributed by atoms with Crippen molar-refractivity contribution in [2.45, 2.75) is 26.7 Å². The standard InChI is InChI=1S/C10H16N2O/c1-7(2)9(8(3)13)10-11-5-6-12(10)4/h5-7,9H,1-4H3. The molecule has 0 aromatic carbocycles. The smallest absolute Gasteiger partial charge is 0.140 e. The van der Waals surface area contributed by atoms with Gasteiger partial charge in [0.2, 0.25) is 0 Å². The van der Waals surface area contributed by atoms with Crippen molar-refractivity contribution < 1.29 is 4.79 Å². The van der Waals surface area contributed by atoms with E-state index >= 15 is 0 Å². The Morgan fingerprint density at radius 2 is 2.15 bits per heavy atom. The van der Waals surface area contributed by atoms with Crippen molar-refractivity contribution in [3.8, 4) is 0 Å². The molecule has 0 N–H and O–H groups in total. The van der Waals surface area contributed by atoms with Gasteiger partial charge in [-0.05, 0) is 12.8 Å². The lowest BCUT2D eigenvalue weighted by molar-refractivity contribution is -0.119. The maximum atomic E-state index is 11.4. The molecule has 0 aliphatic heterocycles. The quantitative estimate of drug-likeness (QED) is 0.710. The van der Waals surface area contributed by atoms with Gasteiger partial charge in [-0.2, -0.15) is 0 Å². The van der Waals surface area contributed by atoms with Gasteiger partial charge in [-0.1, -0.05) is 13.8 Å². The molecule has 13 heavy (non-hydrogen) atoms. The van der Waals surface area contributed by atoms with Gasteiger partial charge in [0.15, 0.2) is 0 Å². The zero-order valence-corrected chi connectivity index (χ0v) is 8.61. The largest absolute Gasteiger partial charge is 0.337 e. The molecule has 1 aromatic heterocycles. The lowest BCUT2D eigenvalue weighted by Gasteiger charge is -2.17. The summed E-state index contributed by atoms with van der Waals surface area (Å²) in [5, 5.41) is 0. The van der Waals surface area contributed by atoms with E-state index in [9.17, 15) is 4.79 Å². The first-order chi connectivity index (χ1) is 6.04. The Labute approximate surface area is 78.8 Å². The highest BCUT2D eigenvalue weighted by Gasteiger charge is 2.23. The molecule has 1 unspecified atom stereocenters. The fourth-order valence-electron chi connectivity index (χ4n) is 1.63. The highest BCUT2D eigenvalue weighted by molar-refractivity contribution is 5.82. The van der Waals surface area contributed by atoms with Crippen molar-refractivity contribution in [3.63, 3.8) is 0 Å². The monoisotopic (exact) mass is 180 g/mol. The molecule has 3 heteroatoms. The summed E-state index contributed by atoms with van der Waals surface area (Å²) in [4.78, 5) is 15.6. The number of aryl methyl sites for hydroxylation is 1. The molecule has 1 aromatic rings. The zero-order valence-electron chi connectivity index (χ0n) is 8.61. The highest BCUT2D eigenvalue weighted by atomic mass is 16.1. The van der Waals surface area contributed by atoms with Crippen LogP contribution < -0.4 is 0 Å². The van der Waals surface area contributed by atoms with Gasteiger partial charge in [-0.15, -0.1) is 0 Å². The van der Waals surface area contributed by atoms with Crippen molar-refractivity contribution in [1.29, 1.82) is 0 Å². The molecule has 0 bridgehead atoms. The fraction of sp³-hybridized carbons (Fsp3) is 0.600. The van der Waals surface area contributed by atoms with Crippen LogP contribution in [0, 0.1) is 5.92 Å². The molecule has 0 spiro atoms. The molecular weight excluding hydrogens is 164 g/mol. The molecule has 0 radical (unpaired) electrons. The number of imidazole rings is 1. The molecule has 0 saturated carbocycles. The first-order valence-corrected chi connectivity index (χ1v) is 4.51. The van der Waals surface area contributed by atoms with Crippen LogP contribution in [0.15, 0.2) is 12.4 Å². The first-order valence-electron chi connectivity index (χ1n) is 4.51. The number of carbonyl (C=O) groups excluding carboxylic acids is 1.